The summed E-state index contributed by atoms with van der Waals surface area (Å²) in [7, 11) is -3.98. The van der Waals surface area contributed by atoms with E-state index < -0.39 is 26.8 Å². The van der Waals surface area contributed by atoms with Crippen molar-refractivity contribution < 1.29 is 27.8 Å². The predicted molar refractivity (Wildman–Crippen MR) is 178 cm³/mol. The van der Waals surface area contributed by atoms with Crippen LogP contribution in [0.15, 0.2) is 61.2 Å². The molecule has 0 aromatic heterocycles. The lowest BCUT2D eigenvalue weighted by molar-refractivity contribution is -0.0913. The van der Waals surface area contributed by atoms with Gasteiger partial charge in [0.2, 0.25) is 10.0 Å². The number of aryl methyl sites for hydroxylation is 1. The molecule has 0 unspecified atom stereocenters. The van der Waals surface area contributed by atoms with Crippen LogP contribution < -0.4 is 14.4 Å². The number of ether oxygens (including phenoxy) is 2. The summed E-state index contributed by atoms with van der Waals surface area (Å²) >= 11 is 6.33. The average Bonchev–Trinajstić information content (AvgIpc) is 3.01. The number of carbonyl (C=O) groups is 1. The number of carbonyl (C=O) groups excluding carboxylic acids is 1. The fourth-order valence-electron chi connectivity index (χ4n) is 6.66. The number of hydrogen-bond donors (Lipinski definition) is 2. The molecule has 2 aromatic rings. The lowest BCUT2D eigenvalue weighted by Crippen LogP contribution is -2.52. The third-order valence-electron chi connectivity index (χ3n) is 9.76. The minimum Gasteiger partial charge on any atom is -0.487 e. The molecule has 10 heteroatoms. The van der Waals surface area contributed by atoms with Crippen molar-refractivity contribution in [1.82, 2.24) is 4.72 Å². The second kappa shape index (κ2) is 14.3. The topological polar surface area (TPSA) is 105 Å². The minimum absolute atomic E-state index is 0.0524. The van der Waals surface area contributed by atoms with Crippen molar-refractivity contribution in [1.29, 1.82) is 0 Å². The maximum Gasteiger partial charge on any atom is 0.264 e. The number of nitrogens with one attached hydrogen (secondary N) is 1. The highest BCUT2D eigenvalue weighted by Crippen LogP contribution is 2.45. The molecule has 8 nitrogen and oxygen atoms in total. The molecule has 1 amide bonds. The van der Waals surface area contributed by atoms with E-state index in [4.69, 9.17) is 21.1 Å². The van der Waals surface area contributed by atoms with Crippen LogP contribution in [0.25, 0.3) is 0 Å². The highest BCUT2D eigenvalue weighted by atomic mass is 35.5. The first-order valence-corrected chi connectivity index (χ1v) is 17.9. The average molecular weight is 657 g/mol. The van der Waals surface area contributed by atoms with E-state index in [-0.39, 0.29) is 29.9 Å². The zero-order chi connectivity index (χ0) is 32.2. The van der Waals surface area contributed by atoms with Crippen molar-refractivity contribution in [3.8, 4) is 5.75 Å². The lowest BCUT2D eigenvalue weighted by Gasteiger charge is -2.48. The van der Waals surface area contributed by atoms with Gasteiger partial charge in [0.05, 0.1) is 24.2 Å². The number of sulfonamides is 1. The van der Waals surface area contributed by atoms with E-state index in [2.05, 4.69) is 16.2 Å². The van der Waals surface area contributed by atoms with E-state index in [0.717, 1.165) is 48.9 Å². The number of fused-ring (bicyclic) bond motifs is 3. The molecular weight excluding hydrogens is 612 g/mol. The van der Waals surface area contributed by atoms with Gasteiger partial charge < -0.3 is 19.5 Å². The van der Waals surface area contributed by atoms with Gasteiger partial charge in [-0.05, 0) is 105 Å². The molecular formula is C35H45ClN2O6S. The number of hydrogen-bond acceptors (Lipinski definition) is 7. The summed E-state index contributed by atoms with van der Waals surface area (Å²) in [5.41, 5.74) is 1.98. The molecule has 244 valence electrons. The summed E-state index contributed by atoms with van der Waals surface area (Å²) in [5.74, 6) is -0.236. The summed E-state index contributed by atoms with van der Waals surface area (Å²) in [4.78, 5) is 15.6. The van der Waals surface area contributed by atoms with Crippen molar-refractivity contribution in [3.05, 3.63) is 82.9 Å². The van der Waals surface area contributed by atoms with Gasteiger partial charge in [-0.25, -0.2) is 13.1 Å². The molecule has 2 heterocycles. The molecule has 0 spiro atoms. The van der Waals surface area contributed by atoms with E-state index >= 15 is 0 Å². The third kappa shape index (κ3) is 7.76. The Morgan fingerprint density at radius 1 is 1.18 bits per heavy atom. The van der Waals surface area contributed by atoms with Crippen LogP contribution in [0.5, 0.6) is 5.75 Å². The van der Waals surface area contributed by atoms with Gasteiger partial charge in [0, 0.05) is 23.7 Å². The fourth-order valence-corrected chi connectivity index (χ4v) is 8.14. The van der Waals surface area contributed by atoms with Crippen molar-refractivity contribution in [2.24, 2.45) is 17.8 Å². The molecule has 5 atom stereocenters. The normalized spacial score (nSPS) is 29.4. The highest BCUT2D eigenvalue weighted by molar-refractivity contribution is 7.90. The number of rotatable bonds is 4. The summed E-state index contributed by atoms with van der Waals surface area (Å²) in [6, 6.07) is 11.0. The maximum atomic E-state index is 13.4. The second-order valence-corrected chi connectivity index (χ2v) is 15.3. The second-order valence-electron chi connectivity index (χ2n) is 12.8. The Kier molecular flexibility index (Phi) is 10.6. The van der Waals surface area contributed by atoms with Crippen LogP contribution in [0.4, 0.5) is 5.69 Å². The van der Waals surface area contributed by atoms with Crippen LogP contribution in [-0.4, -0.2) is 56.6 Å². The zero-order valence-corrected chi connectivity index (χ0v) is 27.8. The van der Waals surface area contributed by atoms with Gasteiger partial charge >= 0.3 is 0 Å². The van der Waals surface area contributed by atoms with Gasteiger partial charge in [-0.3, -0.25) is 4.79 Å². The number of halogens is 1. The third-order valence-corrected chi connectivity index (χ3v) is 11.9. The predicted octanol–water partition coefficient (Wildman–Crippen LogP) is 6.07. The van der Waals surface area contributed by atoms with Crippen molar-refractivity contribution in [2.45, 2.75) is 69.8 Å². The van der Waals surface area contributed by atoms with Crippen molar-refractivity contribution in [2.75, 3.05) is 31.2 Å². The van der Waals surface area contributed by atoms with Crippen molar-refractivity contribution >= 4 is 33.2 Å². The molecule has 2 aliphatic heterocycles. The zero-order valence-electron chi connectivity index (χ0n) is 26.2. The van der Waals surface area contributed by atoms with E-state index in [0.29, 0.717) is 43.5 Å². The Hall–Kier alpha value is -2.85. The van der Waals surface area contributed by atoms with Crippen LogP contribution >= 0.6 is 11.6 Å². The van der Waals surface area contributed by atoms with Gasteiger partial charge in [0.15, 0.2) is 0 Å². The molecule has 45 heavy (non-hydrogen) atoms. The molecule has 3 aliphatic rings. The number of nitrogens with zero attached hydrogens (tertiary/aromatic N) is 1. The van der Waals surface area contributed by atoms with Crippen LogP contribution in [0.1, 0.15) is 67.4 Å². The van der Waals surface area contributed by atoms with E-state index in [9.17, 15) is 18.3 Å². The van der Waals surface area contributed by atoms with Crippen LogP contribution in [-0.2, 0) is 27.8 Å². The molecule has 1 aliphatic carbocycles. The first kappa shape index (κ1) is 33.5. The number of amides is 1. The molecule has 2 bridgehead atoms. The highest BCUT2D eigenvalue weighted by Gasteiger charge is 2.46. The summed E-state index contributed by atoms with van der Waals surface area (Å²) < 4.78 is 41.1. The van der Waals surface area contributed by atoms with E-state index in [1.54, 1.807) is 37.3 Å². The van der Waals surface area contributed by atoms with Gasteiger partial charge in [-0.15, -0.1) is 6.58 Å². The fraction of sp³-hybridized carbons (Fsp3) is 0.514. The van der Waals surface area contributed by atoms with Crippen LogP contribution in [0, 0.1) is 17.8 Å². The first-order chi connectivity index (χ1) is 21.5. The summed E-state index contributed by atoms with van der Waals surface area (Å²) in [6.45, 7) is 9.31. The number of aliphatic hydroxyl groups is 1. The number of allylic oxidation sites excluding steroid dienone is 1. The first-order valence-electron chi connectivity index (χ1n) is 15.9. The SMILES string of the molecule is C=CCOC[C@]1(O)/C=C/C[C@H](C)[C@@H](C)S(=O)(=O)NC(=O)c2ccc3c(c2)N(CCCCc2cc(Cl)ccc2CO3)C[C@@H]2CC[C@H]21. The standard InChI is InChI=1S/C35H45ClN2O6S/c1-4-18-43-23-35(40)16-7-8-24(2)25(3)45(41,42)37-34(39)27-12-15-33-32(20-27)38(21-28-11-14-31(28)35)17-6-5-9-26-19-30(36)13-10-29(26)22-44-33/h4,7,10,12-13,15-16,19-20,24-25,28,31,40H,1,5-6,8-9,11,14,17-18,21-23H2,2-3H3,(H,37,39)/b16-7+/t24-,25+,28-,31+,35+/m0/s1. The molecule has 2 aromatic carbocycles. The molecule has 1 saturated carbocycles. The van der Waals surface area contributed by atoms with Gasteiger partial charge in [-0.1, -0.05) is 42.8 Å². The van der Waals surface area contributed by atoms with Crippen molar-refractivity contribution in [3.63, 3.8) is 0 Å². The summed E-state index contributed by atoms with van der Waals surface area (Å²) in [5, 5.41) is 11.9. The number of benzene rings is 2. The lowest BCUT2D eigenvalue weighted by atomic mass is 9.64. The minimum atomic E-state index is -3.98. The molecule has 2 N–H and O–H groups in total. The Balaban J connectivity index is 1.56. The Morgan fingerprint density at radius 3 is 2.76 bits per heavy atom. The monoisotopic (exact) mass is 656 g/mol. The van der Waals surface area contributed by atoms with Crippen LogP contribution in [0.2, 0.25) is 5.02 Å². The molecule has 5 rings (SSSR count). The van der Waals surface area contributed by atoms with Gasteiger partial charge in [0.25, 0.3) is 5.91 Å². The van der Waals surface area contributed by atoms with Gasteiger partial charge in [-0.2, -0.15) is 0 Å². The molecule has 0 saturated heterocycles. The Bertz CT molecular complexity index is 1530. The Morgan fingerprint density at radius 2 is 2.00 bits per heavy atom. The smallest absolute Gasteiger partial charge is 0.264 e. The summed E-state index contributed by atoms with van der Waals surface area (Å²) in [6.07, 6.45) is 10.2. The Labute approximate surface area is 272 Å². The quantitative estimate of drug-likeness (QED) is 0.304. The van der Waals surface area contributed by atoms with E-state index in [1.165, 1.54) is 0 Å². The van der Waals surface area contributed by atoms with E-state index in [1.807, 2.05) is 31.2 Å². The molecule has 0 radical (unpaired) electrons. The van der Waals surface area contributed by atoms with Gasteiger partial charge in [0.1, 0.15) is 18.0 Å². The molecule has 1 fully saturated rings. The maximum absolute atomic E-state index is 13.4. The van der Waals surface area contributed by atoms with Crippen LogP contribution in [0.3, 0.4) is 0 Å². The largest absolute Gasteiger partial charge is 0.487 e. The number of anilines is 1.